The molecule has 1 aliphatic heterocycles. The summed E-state index contributed by atoms with van der Waals surface area (Å²) in [4.78, 5) is 1.70. The summed E-state index contributed by atoms with van der Waals surface area (Å²) in [5.74, 6) is -0.688. The molecule has 0 amide bonds. The third-order valence-corrected chi connectivity index (χ3v) is 6.06. The molecule has 3 heterocycles. The number of rotatable bonds is 2. The van der Waals surface area contributed by atoms with Gasteiger partial charge in [-0.15, -0.1) is 21.5 Å². The van der Waals surface area contributed by atoms with Crippen molar-refractivity contribution in [3.05, 3.63) is 66.9 Å². The van der Waals surface area contributed by atoms with E-state index in [-0.39, 0.29) is 5.56 Å². The van der Waals surface area contributed by atoms with Crippen molar-refractivity contribution >= 4 is 50.8 Å². The maximum Gasteiger partial charge on any atom is 0.216 e. The second-order valence-electron chi connectivity index (χ2n) is 5.19. The Bertz CT molecular complexity index is 1040. The van der Waals surface area contributed by atoms with Crippen LogP contribution in [-0.4, -0.2) is 20.6 Å². The Kier molecular flexibility index (Phi) is 4.30. The second kappa shape index (κ2) is 6.47. The molecule has 126 valence electrons. The topological polar surface area (TPSA) is 43.1 Å². The third-order valence-electron chi connectivity index (χ3n) is 3.45. The third kappa shape index (κ3) is 3.19. The Morgan fingerprint density at radius 2 is 2.04 bits per heavy atom. The zero-order valence-electron chi connectivity index (χ0n) is 12.7. The summed E-state index contributed by atoms with van der Waals surface area (Å²) in [6.45, 7) is 1.77. The molecule has 0 unspecified atom stereocenters. The van der Waals surface area contributed by atoms with Crippen molar-refractivity contribution in [2.24, 2.45) is 5.10 Å². The average Bonchev–Trinajstić information content (AvgIpc) is 3.13. The monoisotopic (exact) mass is 438 g/mol. The maximum atomic E-state index is 14.4. The molecule has 0 saturated carbocycles. The standard InChI is InChI=1S/C16H9BrF2N4S2/c1-8-20-21-16-23(8)22-15(12-3-2-10(18)5-13(12)19)14(25-16)6-11-4-9(17)7-24-11/h2-7H,1H3. The number of hydrogen-bond acceptors (Lipinski definition) is 5. The minimum absolute atomic E-state index is 0.231. The predicted molar refractivity (Wildman–Crippen MR) is 98.9 cm³/mol. The normalized spacial score (nSPS) is 15.4. The van der Waals surface area contributed by atoms with Crippen molar-refractivity contribution in [2.45, 2.75) is 12.1 Å². The molecule has 9 heteroatoms. The Balaban J connectivity index is 1.89. The predicted octanol–water partition coefficient (Wildman–Crippen LogP) is 5.09. The fraction of sp³-hybridized carbons (Fsp3) is 0.0625. The first-order chi connectivity index (χ1) is 12.0. The van der Waals surface area contributed by atoms with Gasteiger partial charge in [-0.1, -0.05) is 0 Å². The molecule has 2 aromatic heterocycles. The maximum absolute atomic E-state index is 14.4. The van der Waals surface area contributed by atoms with Crippen LogP contribution in [0.4, 0.5) is 8.78 Å². The summed E-state index contributed by atoms with van der Waals surface area (Å²) in [5, 5.41) is 15.2. The highest BCUT2D eigenvalue weighted by atomic mass is 79.9. The van der Waals surface area contributed by atoms with E-state index in [2.05, 4.69) is 31.2 Å². The molecule has 0 atom stereocenters. The fourth-order valence-electron chi connectivity index (χ4n) is 2.31. The van der Waals surface area contributed by atoms with Crippen LogP contribution in [0.2, 0.25) is 0 Å². The Morgan fingerprint density at radius 1 is 1.20 bits per heavy atom. The lowest BCUT2D eigenvalue weighted by molar-refractivity contribution is 0.581. The van der Waals surface area contributed by atoms with E-state index in [9.17, 15) is 8.78 Å². The van der Waals surface area contributed by atoms with Crippen molar-refractivity contribution < 1.29 is 8.78 Å². The summed E-state index contributed by atoms with van der Waals surface area (Å²) in [5.41, 5.74) is 0.650. The van der Waals surface area contributed by atoms with Gasteiger partial charge < -0.3 is 0 Å². The molecule has 3 aromatic rings. The number of allylic oxidation sites excluding steroid dienone is 1. The molecular formula is C16H9BrF2N4S2. The summed E-state index contributed by atoms with van der Waals surface area (Å²) < 4.78 is 30.2. The highest BCUT2D eigenvalue weighted by molar-refractivity contribution is 9.10. The van der Waals surface area contributed by atoms with Gasteiger partial charge in [0.05, 0.1) is 0 Å². The van der Waals surface area contributed by atoms with Crippen LogP contribution in [0, 0.1) is 18.6 Å². The number of fused-ring (bicyclic) bond motifs is 1. The minimum Gasteiger partial charge on any atom is -0.207 e. The molecule has 4 nitrogen and oxygen atoms in total. The lowest BCUT2D eigenvalue weighted by atomic mass is 10.1. The second-order valence-corrected chi connectivity index (χ2v) is 8.06. The smallest absolute Gasteiger partial charge is 0.207 e. The molecule has 4 rings (SSSR count). The van der Waals surface area contributed by atoms with E-state index in [1.807, 2.05) is 17.5 Å². The van der Waals surface area contributed by atoms with E-state index in [1.165, 1.54) is 23.9 Å². The molecule has 1 aromatic carbocycles. The Labute approximate surface area is 158 Å². The molecule has 25 heavy (non-hydrogen) atoms. The van der Waals surface area contributed by atoms with Crippen LogP contribution in [-0.2, 0) is 0 Å². The minimum atomic E-state index is -0.660. The lowest BCUT2D eigenvalue weighted by Gasteiger charge is -2.17. The summed E-state index contributed by atoms with van der Waals surface area (Å²) >= 11 is 6.32. The average molecular weight is 439 g/mol. The summed E-state index contributed by atoms with van der Waals surface area (Å²) in [6, 6.07) is 5.43. The SMILES string of the molecule is Cc1nnc2n1N=C(c1ccc(F)cc1F)C(=Cc1cc(Br)cs1)S2. The number of thiophene rings is 1. The van der Waals surface area contributed by atoms with Gasteiger partial charge in [0.25, 0.3) is 0 Å². The number of hydrogen-bond donors (Lipinski definition) is 0. The number of halogens is 3. The highest BCUT2D eigenvalue weighted by Gasteiger charge is 2.25. The van der Waals surface area contributed by atoms with Crippen LogP contribution in [0.25, 0.3) is 6.08 Å². The number of benzene rings is 1. The van der Waals surface area contributed by atoms with Gasteiger partial charge in [0, 0.05) is 31.3 Å². The molecular weight excluding hydrogens is 430 g/mol. The Morgan fingerprint density at radius 3 is 2.76 bits per heavy atom. The van der Waals surface area contributed by atoms with Crippen molar-refractivity contribution in [1.29, 1.82) is 0 Å². The number of nitrogens with zero attached hydrogens (tertiary/aromatic N) is 4. The van der Waals surface area contributed by atoms with Gasteiger partial charge in [-0.05, 0) is 58.9 Å². The molecule has 0 fully saturated rings. The first kappa shape index (κ1) is 16.6. The quantitative estimate of drug-likeness (QED) is 0.559. The van der Waals surface area contributed by atoms with Crippen LogP contribution in [0.15, 0.2) is 49.3 Å². The van der Waals surface area contributed by atoms with Crippen molar-refractivity contribution in [2.75, 3.05) is 0 Å². The number of thioether (sulfide) groups is 1. The van der Waals surface area contributed by atoms with E-state index in [0.29, 0.717) is 16.7 Å². The molecule has 0 radical (unpaired) electrons. The van der Waals surface area contributed by atoms with E-state index >= 15 is 0 Å². The van der Waals surface area contributed by atoms with Gasteiger partial charge >= 0.3 is 0 Å². The Hall–Kier alpha value is -1.84. The molecule has 0 aliphatic carbocycles. The highest BCUT2D eigenvalue weighted by Crippen LogP contribution is 2.36. The fourth-order valence-corrected chi connectivity index (χ4v) is 4.73. The van der Waals surface area contributed by atoms with Crippen LogP contribution >= 0.6 is 39.0 Å². The van der Waals surface area contributed by atoms with Gasteiger partial charge in [-0.25, -0.2) is 8.78 Å². The van der Waals surface area contributed by atoms with Crippen molar-refractivity contribution in [3.8, 4) is 0 Å². The molecule has 0 bridgehead atoms. The van der Waals surface area contributed by atoms with Crippen LogP contribution < -0.4 is 0 Å². The van der Waals surface area contributed by atoms with Gasteiger partial charge in [-0.3, -0.25) is 0 Å². The summed E-state index contributed by atoms with van der Waals surface area (Å²) in [6.07, 6.45) is 1.91. The van der Waals surface area contributed by atoms with Gasteiger partial charge in [0.2, 0.25) is 5.16 Å². The lowest BCUT2D eigenvalue weighted by Crippen LogP contribution is -2.14. The van der Waals surface area contributed by atoms with Crippen LogP contribution in [0.5, 0.6) is 0 Å². The molecule has 0 saturated heterocycles. The van der Waals surface area contributed by atoms with Crippen molar-refractivity contribution in [3.63, 3.8) is 0 Å². The zero-order valence-corrected chi connectivity index (χ0v) is 15.9. The van der Waals surface area contributed by atoms with Crippen LogP contribution in [0.3, 0.4) is 0 Å². The molecule has 1 aliphatic rings. The number of aromatic nitrogens is 3. The van der Waals surface area contributed by atoms with Gasteiger partial charge in [-0.2, -0.15) is 9.78 Å². The van der Waals surface area contributed by atoms with Crippen LogP contribution in [0.1, 0.15) is 16.3 Å². The van der Waals surface area contributed by atoms with Crippen molar-refractivity contribution in [1.82, 2.24) is 14.9 Å². The summed E-state index contributed by atoms with van der Waals surface area (Å²) in [7, 11) is 0. The van der Waals surface area contributed by atoms with E-state index in [1.54, 1.807) is 22.9 Å². The van der Waals surface area contributed by atoms with Gasteiger partial charge in [0.15, 0.2) is 5.82 Å². The number of aryl methyl sites for hydroxylation is 1. The van der Waals surface area contributed by atoms with E-state index in [4.69, 9.17) is 0 Å². The first-order valence-corrected chi connectivity index (χ1v) is 9.60. The first-order valence-electron chi connectivity index (χ1n) is 7.11. The molecule has 0 N–H and O–H groups in total. The van der Waals surface area contributed by atoms with E-state index < -0.39 is 11.6 Å². The zero-order chi connectivity index (χ0) is 17.6. The van der Waals surface area contributed by atoms with Gasteiger partial charge in [0.1, 0.15) is 17.3 Å². The largest absolute Gasteiger partial charge is 0.216 e. The van der Waals surface area contributed by atoms with E-state index in [0.717, 1.165) is 20.3 Å². The molecule has 0 spiro atoms.